The highest BCUT2D eigenvalue weighted by atomic mass is 32.2. The maximum absolute atomic E-state index is 7.56. The van der Waals surface area contributed by atoms with Crippen molar-refractivity contribution in [2.24, 2.45) is 5.73 Å². The first-order valence-corrected chi connectivity index (χ1v) is 6.61. The van der Waals surface area contributed by atoms with Crippen LogP contribution >= 0.6 is 11.8 Å². The molecular weight excluding hydrogens is 256 g/mol. The number of pyridine rings is 1. The number of amidine groups is 1. The standard InChI is InChI=1S/C14H12N4S/c15-13(16)10-5-3-7-17-14(10)19-12-8-9-4-1-2-6-11(9)18-12/h1-8,18H,(H3,15,16). The normalized spacial score (nSPS) is 10.7. The van der Waals surface area contributed by atoms with E-state index < -0.39 is 0 Å². The van der Waals surface area contributed by atoms with Crippen molar-refractivity contribution in [3.05, 3.63) is 54.2 Å². The monoisotopic (exact) mass is 268 g/mol. The quantitative estimate of drug-likeness (QED) is 0.504. The van der Waals surface area contributed by atoms with Crippen LogP contribution in [-0.4, -0.2) is 15.8 Å². The molecule has 0 saturated heterocycles. The van der Waals surface area contributed by atoms with Gasteiger partial charge in [-0.25, -0.2) is 4.98 Å². The number of para-hydroxylation sites is 1. The van der Waals surface area contributed by atoms with Crippen molar-refractivity contribution in [1.29, 1.82) is 5.41 Å². The van der Waals surface area contributed by atoms with Gasteiger partial charge in [-0.15, -0.1) is 0 Å². The number of nitrogens with zero attached hydrogens (tertiary/aromatic N) is 1. The summed E-state index contributed by atoms with van der Waals surface area (Å²) in [7, 11) is 0. The lowest BCUT2D eigenvalue weighted by molar-refractivity contribution is 1.10. The lowest BCUT2D eigenvalue weighted by atomic mass is 10.3. The topological polar surface area (TPSA) is 78.6 Å². The molecule has 4 N–H and O–H groups in total. The zero-order chi connectivity index (χ0) is 13.2. The SMILES string of the molecule is N=C(N)c1cccnc1Sc1cc2ccccc2[nH]1. The Bertz CT molecular complexity index is 715. The lowest BCUT2D eigenvalue weighted by Gasteiger charge is -2.04. The summed E-state index contributed by atoms with van der Waals surface area (Å²) in [6, 6.07) is 13.7. The Morgan fingerprint density at radius 2 is 2.05 bits per heavy atom. The van der Waals surface area contributed by atoms with E-state index in [1.54, 1.807) is 18.3 Å². The molecule has 0 spiro atoms. The number of H-pyrrole nitrogens is 1. The van der Waals surface area contributed by atoms with Gasteiger partial charge in [0.2, 0.25) is 0 Å². The Kier molecular flexibility index (Phi) is 2.97. The average Bonchev–Trinajstić information content (AvgIpc) is 2.81. The van der Waals surface area contributed by atoms with E-state index in [4.69, 9.17) is 11.1 Å². The van der Waals surface area contributed by atoms with E-state index in [0.29, 0.717) is 5.56 Å². The van der Waals surface area contributed by atoms with Gasteiger partial charge in [-0.05, 0) is 24.3 Å². The zero-order valence-corrected chi connectivity index (χ0v) is 10.9. The molecule has 0 aliphatic heterocycles. The second kappa shape index (κ2) is 4.78. The summed E-state index contributed by atoms with van der Waals surface area (Å²) < 4.78 is 0. The molecule has 0 saturated carbocycles. The number of hydrogen-bond acceptors (Lipinski definition) is 3. The number of nitrogens with two attached hydrogens (primary N) is 1. The molecule has 5 heteroatoms. The van der Waals surface area contributed by atoms with E-state index in [1.165, 1.54) is 11.8 Å². The lowest BCUT2D eigenvalue weighted by Crippen LogP contribution is -2.12. The average molecular weight is 268 g/mol. The van der Waals surface area contributed by atoms with Crippen LogP contribution in [0.4, 0.5) is 0 Å². The van der Waals surface area contributed by atoms with Gasteiger partial charge < -0.3 is 10.7 Å². The van der Waals surface area contributed by atoms with Crippen molar-refractivity contribution in [2.45, 2.75) is 10.1 Å². The molecule has 1 aromatic carbocycles. The maximum Gasteiger partial charge on any atom is 0.125 e. The first-order valence-electron chi connectivity index (χ1n) is 5.79. The predicted molar refractivity (Wildman–Crippen MR) is 77.7 cm³/mol. The number of fused-ring (bicyclic) bond motifs is 1. The van der Waals surface area contributed by atoms with Gasteiger partial charge in [0.15, 0.2) is 0 Å². The molecule has 2 aromatic heterocycles. The highest BCUT2D eigenvalue weighted by Gasteiger charge is 2.09. The molecule has 0 fully saturated rings. The number of aromatic amines is 1. The summed E-state index contributed by atoms with van der Waals surface area (Å²) in [6.45, 7) is 0. The van der Waals surface area contributed by atoms with Gasteiger partial charge in [-0.1, -0.05) is 30.0 Å². The summed E-state index contributed by atoms with van der Waals surface area (Å²) in [5.41, 5.74) is 7.31. The van der Waals surface area contributed by atoms with Crippen LogP contribution in [0, 0.1) is 5.41 Å². The number of nitrogen functional groups attached to an aromatic ring is 1. The third-order valence-corrected chi connectivity index (χ3v) is 3.73. The summed E-state index contributed by atoms with van der Waals surface area (Å²) in [4.78, 5) is 7.61. The molecule has 0 bridgehead atoms. The number of nitrogens with one attached hydrogen (secondary N) is 2. The first-order chi connectivity index (χ1) is 9.24. The molecule has 3 rings (SSSR count). The van der Waals surface area contributed by atoms with Gasteiger partial charge >= 0.3 is 0 Å². The van der Waals surface area contributed by atoms with Gasteiger partial charge in [0, 0.05) is 22.7 Å². The van der Waals surface area contributed by atoms with Crippen LogP contribution in [0.3, 0.4) is 0 Å². The van der Waals surface area contributed by atoms with Crippen LogP contribution in [0.15, 0.2) is 58.7 Å². The second-order valence-corrected chi connectivity index (χ2v) is 5.12. The summed E-state index contributed by atoms with van der Waals surface area (Å²) in [5.74, 6) is 0.0340. The highest BCUT2D eigenvalue weighted by Crippen LogP contribution is 2.30. The van der Waals surface area contributed by atoms with Gasteiger partial charge in [0.25, 0.3) is 0 Å². The summed E-state index contributed by atoms with van der Waals surface area (Å²) in [5, 5.41) is 10.4. The smallest absolute Gasteiger partial charge is 0.125 e. The number of benzene rings is 1. The minimum absolute atomic E-state index is 0.0340. The van der Waals surface area contributed by atoms with Crippen molar-refractivity contribution < 1.29 is 0 Å². The minimum atomic E-state index is 0.0340. The summed E-state index contributed by atoms with van der Waals surface area (Å²) in [6.07, 6.45) is 1.71. The largest absolute Gasteiger partial charge is 0.384 e. The molecule has 2 heterocycles. The van der Waals surface area contributed by atoms with Crippen LogP contribution in [0.1, 0.15) is 5.56 Å². The van der Waals surface area contributed by atoms with Crippen molar-refractivity contribution >= 4 is 28.5 Å². The fourth-order valence-electron chi connectivity index (χ4n) is 1.88. The van der Waals surface area contributed by atoms with Gasteiger partial charge in [0.1, 0.15) is 10.9 Å². The molecule has 0 radical (unpaired) electrons. The molecule has 0 aliphatic rings. The molecule has 4 nitrogen and oxygen atoms in total. The Morgan fingerprint density at radius 1 is 1.21 bits per heavy atom. The van der Waals surface area contributed by atoms with Crippen LogP contribution in [0.5, 0.6) is 0 Å². The fraction of sp³-hybridized carbons (Fsp3) is 0. The predicted octanol–water partition coefficient (Wildman–Crippen LogP) is 3.00. The van der Waals surface area contributed by atoms with Crippen LogP contribution in [0.2, 0.25) is 0 Å². The molecule has 0 atom stereocenters. The van der Waals surface area contributed by atoms with E-state index in [1.807, 2.05) is 18.2 Å². The molecule has 19 heavy (non-hydrogen) atoms. The molecule has 0 aliphatic carbocycles. The number of hydrogen-bond donors (Lipinski definition) is 3. The van der Waals surface area contributed by atoms with Crippen LogP contribution < -0.4 is 5.73 Å². The first kappa shape index (κ1) is 11.8. The third-order valence-electron chi connectivity index (χ3n) is 2.77. The van der Waals surface area contributed by atoms with E-state index in [0.717, 1.165) is 21.0 Å². The maximum atomic E-state index is 7.56. The number of aromatic nitrogens is 2. The second-order valence-electron chi connectivity index (χ2n) is 4.09. The Labute approximate surface area is 114 Å². The minimum Gasteiger partial charge on any atom is -0.384 e. The van der Waals surface area contributed by atoms with E-state index >= 15 is 0 Å². The number of rotatable bonds is 3. The summed E-state index contributed by atoms with van der Waals surface area (Å²) >= 11 is 1.48. The van der Waals surface area contributed by atoms with Crippen molar-refractivity contribution in [3.8, 4) is 0 Å². The van der Waals surface area contributed by atoms with E-state index in [9.17, 15) is 0 Å². The molecule has 0 unspecified atom stereocenters. The van der Waals surface area contributed by atoms with Crippen LogP contribution in [-0.2, 0) is 0 Å². The Morgan fingerprint density at radius 3 is 2.84 bits per heavy atom. The van der Waals surface area contributed by atoms with Crippen molar-refractivity contribution in [3.63, 3.8) is 0 Å². The van der Waals surface area contributed by atoms with E-state index in [2.05, 4.69) is 22.1 Å². The van der Waals surface area contributed by atoms with Gasteiger partial charge in [-0.3, -0.25) is 5.41 Å². The molecule has 0 amide bonds. The van der Waals surface area contributed by atoms with Gasteiger partial charge in [-0.2, -0.15) is 0 Å². The molecule has 3 aromatic rings. The van der Waals surface area contributed by atoms with Crippen molar-refractivity contribution in [1.82, 2.24) is 9.97 Å². The zero-order valence-electron chi connectivity index (χ0n) is 10.1. The molecular formula is C14H12N4S. The molecule has 94 valence electrons. The van der Waals surface area contributed by atoms with Crippen LogP contribution in [0.25, 0.3) is 10.9 Å². The van der Waals surface area contributed by atoms with Crippen molar-refractivity contribution in [2.75, 3.05) is 0 Å². The Balaban J connectivity index is 1.99. The highest BCUT2D eigenvalue weighted by molar-refractivity contribution is 7.99. The third kappa shape index (κ3) is 2.32. The van der Waals surface area contributed by atoms with Gasteiger partial charge in [0.05, 0.1) is 5.03 Å². The van der Waals surface area contributed by atoms with E-state index in [-0.39, 0.29) is 5.84 Å². The fourth-order valence-corrected chi connectivity index (χ4v) is 2.84. The Hall–Kier alpha value is -2.27.